The molecule has 4 rings (SSSR count). The van der Waals surface area contributed by atoms with Gasteiger partial charge in [-0.2, -0.15) is 0 Å². The Morgan fingerprint density at radius 1 is 1.09 bits per heavy atom. The fourth-order valence-electron chi connectivity index (χ4n) is 4.09. The Morgan fingerprint density at radius 3 is 2.35 bits per heavy atom. The lowest BCUT2D eigenvalue weighted by molar-refractivity contribution is -0.137. The van der Waals surface area contributed by atoms with Crippen LogP contribution in [-0.2, 0) is 9.53 Å². The number of hydrogen-bond acceptors (Lipinski definition) is 6. The molecule has 1 atom stereocenters. The standard InChI is InChI=1S/C25H25N3O5S/c1-2-15(11-12-22(29)30)26-23(31)21-14-34-24(27-21)28-25(32)33-13-20-18-9-5-3-7-16(18)17-8-4-6-10-19(17)20/h3-10,14-15,20H,2,11-13H2,1H3,(H,26,31)(H,29,30)(H,27,28,32). The van der Waals surface area contributed by atoms with Crippen LogP contribution in [0.25, 0.3) is 11.1 Å². The van der Waals surface area contributed by atoms with E-state index in [-0.39, 0.29) is 35.8 Å². The summed E-state index contributed by atoms with van der Waals surface area (Å²) in [5.41, 5.74) is 4.71. The Labute approximate surface area is 201 Å². The summed E-state index contributed by atoms with van der Waals surface area (Å²) in [5, 5.41) is 16.0. The molecular weight excluding hydrogens is 454 g/mol. The van der Waals surface area contributed by atoms with Gasteiger partial charge in [-0.05, 0) is 35.1 Å². The molecule has 0 saturated carbocycles. The lowest BCUT2D eigenvalue weighted by Gasteiger charge is -2.15. The highest BCUT2D eigenvalue weighted by Crippen LogP contribution is 2.44. The van der Waals surface area contributed by atoms with Gasteiger partial charge < -0.3 is 15.2 Å². The molecule has 0 spiro atoms. The third kappa shape index (κ3) is 5.26. The molecule has 1 aliphatic rings. The van der Waals surface area contributed by atoms with Gasteiger partial charge in [-0.1, -0.05) is 55.5 Å². The number of fused-ring (bicyclic) bond motifs is 3. The second kappa shape index (κ2) is 10.5. The molecule has 2 amide bonds. The molecule has 34 heavy (non-hydrogen) atoms. The largest absolute Gasteiger partial charge is 0.481 e. The number of amides is 2. The number of ether oxygens (including phenoxy) is 1. The van der Waals surface area contributed by atoms with Crippen LogP contribution >= 0.6 is 11.3 Å². The molecule has 176 valence electrons. The summed E-state index contributed by atoms with van der Waals surface area (Å²) in [6, 6.07) is 15.9. The van der Waals surface area contributed by atoms with Crippen molar-refractivity contribution >= 4 is 34.4 Å². The van der Waals surface area contributed by atoms with Crippen molar-refractivity contribution in [3.63, 3.8) is 0 Å². The van der Waals surface area contributed by atoms with Gasteiger partial charge in [0, 0.05) is 23.8 Å². The first kappa shape index (κ1) is 23.4. The number of aromatic nitrogens is 1. The molecule has 3 N–H and O–H groups in total. The summed E-state index contributed by atoms with van der Waals surface area (Å²) < 4.78 is 5.51. The zero-order valence-electron chi connectivity index (χ0n) is 18.6. The Morgan fingerprint density at radius 2 is 1.74 bits per heavy atom. The van der Waals surface area contributed by atoms with Crippen LogP contribution < -0.4 is 10.6 Å². The van der Waals surface area contributed by atoms with Crippen LogP contribution in [0.3, 0.4) is 0 Å². The van der Waals surface area contributed by atoms with Gasteiger partial charge in [0.1, 0.15) is 12.3 Å². The van der Waals surface area contributed by atoms with Gasteiger partial charge >= 0.3 is 12.1 Å². The zero-order valence-corrected chi connectivity index (χ0v) is 19.4. The molecule has 0 aliphatic heterocycles. The molecule has 0 bridgehead atoms. The van der Waals surface area contributed by atoms with Crippen LogP contribution in [0.2, 0.25) is 0 Å². The van der Waals surface area contributed by atoms with Gasteiger partial charge in [-0.3, -0.25) is 14.9 Å². The number of nitrogens with zero attached hydrogens (tertiary/aromatic N) is 1. The number of carboxylic acid groups (broad SMARTS) is 1. The third-order valence-corrected chi connectivity index (χ3v) is 6.58. The first-order valence-corrected chi connectivity index (χ1v) is 11.9. The second-order valence-electron chi connectivity index (χ2n) is 8.00. The quantitative estimate of drug-likeness (QED) is 0.403. The van der Waals surface area contributed by atoms with Gasteiger partial charge in [0.05, 0.1) is 0 Å². The highest BCUT2D eigenvalue weighted by molar-refractivity contribution is 7.14. The average Bonchev–Trinajstić information content (AvgIpc) is 3.43. The van der Waals surface area contributed by atoms with Gasteiger partial charge in [0.15, 0.2) is 5.13 Å². The fraction of sp³-hybridized carbons (Fsp3) is 0.280. The normalized spacial score (nSPS) is 13.0. The maximum atomic E-state index is 12.4. The van der Waals surface area contributed by atoms with Crippen LogP contribution in [0.1, 0.15) is 53.7 Å². The van der Waals surface area contributed by atoms with Gasteiger partial charge in [-0.15, -0.1) is 11.3 Å². The minimum Gasteiger partial charge on any atom is -0.481 e. The van der Waals surface area contributed by atoms with Gasteiger partial charge in [-0.25, -0.2) is 9.78 Å². The van der Waals surface area contributed by atoms with Crippen LogP contribution in [0.15, 0.2) is 53.9 Å². The number of nitrogens with one attached hydrogen (secondary N) is 2. The summed E-state index contributed by atoms with van der Waals surface area (Å²) in [7, 11) is 0. The van der Waals surface area contributed by atoms with E-state index in [0.717, 1.165) is 33.6 Å². The van der Waals surface area contributed by atoms with E-state index in [0.29, 0.717) is 12.8 Å². The molecule has 2 aromatic carbocycles. The molecule has 1 aliphatic carbocycles. The molecule has 1 unspecified atom stereocenters. The van der Waals surface area contributed by atoms with Gasteiger partial charge in [0.25, 0.3) is 5.91 Å². The molecule has 3 aromatic rings. The second-order valence-corrected chi connectivity index (χ2v) is 8.86. The van der Waals surface area contributed by atoms with Crippen molar-refractivity contribution in [2.24, 2.45) is 0 Å². The molecule has 0 saturated heterocycles. The van der Waals surface area contributed by atoms with Crippen LogP contribution in [0.4, 0.5) is 9.93 Å². The summed E-state index contributed by atoms with van der Waals surface area (Å²) in [6.07, 6.45) is 0.279. The summed E-state index contributed by atoms with van der Waals surface area (Å²) in [4.78, 5) is 39.8. The number of carboxylic acids is 1. The SMILES string of the molecule is CCC(CCC(=O)O)NC(=O)c1csc(NC(=O)OCC2c3ccccc3-c3ccccc32)n1. The number of carbonyl (C=O) groups is 3. The Hall–Kier alpha value is -3.72. The fourth-order valence-corrected chi connectivity index (χ4v) is 4.77. The molecule has 8 nitrogen and oxygen atoms in total. The first-order valence-electron chi connectivity index (χ1n) is 11.1. The number of benzene rings is 2. The van der Waals surface area contributed by atoms with E-state index in [1.807, 2.05) is 43.3 Å². The zero-order chi connectivity index (χ0) is 24.1. The van der Waals surface area contributed by atoms with E-state index >= 15 is 0 Å². The predicted molar refractivity (Wildman–Crippen MR) is 129 cm³/mol. The van der Waals surface area contributed by atoms with E-state index in [1.54, 1.807) is 5.38 Å². The summed E-state index contributed by atoms with van der Waals surface area (Å²) in [5.74, 6) is -1.36. The number of carbonyl (C=O) groups excluding carboxylic acids is 2. The Balaban J connectivity index is 1.33. The van der Waals surface area contributed by atoms with Gasteiger partial charge in [0.2, 0.25) is 0 Å². The molecule has 0 radical (unpaired) electrons. The molecule has 0 fully saturated rings. The van der Waals surface area contributed by atoms with Crippen molar-refractivity contribution in [1.82, 2.24) is 10.3 Å². The minimum absolute atomic E-state index is 0.0234. The highest BCUT2D eigenvalue weighted by Gasteiger charge is 2.29. The van der Waals surface area contributed by atoms with Crippen molar-refractivity contribution in [3.8, 4) is 11.1 Å². The Bertz CT molecular complexity index is 1160. The number of rotatable bonds is 9. The van der Waals surface area contributed by atoms with Crippen molar-refractivity contribution in [2.45, 2.75) is 38.1 Å². The number of anilines is 1. The van der Waals surface area contributed by atoms with E-state index in [4.69, 9.17) is 9.84 Å². The lowest BCUT2D eigenvalue weighted by Crippen LogP contribution is -2.35. The maximum absolute atomic E-state index is 12.4. The molecule has 9 heteroatoms. The molecular formula is C25H25N3O5S. The average molecular weight is 480 g/mol. The number of hydrogen-bond donors (Lipinski definition) is 3. The lowest BCUT2D eigenvalue weighted by atomic mass is 9.98. The van der Waals surface area contributed by atoms with Crippen molar-refractivity contribution < 1.29 is 24.2 Å². The monoisotopic (exact) mass is 479 g/mol. The van der Waals surface area contributed by atoms with Crippen LogP contribution in [-0.4, -0.2) is 40.7 Å². The topological polar surface area (TPSA) is 118 Å². The van der Waals surface area contributed by atoms with Crippen molar-refractivity contribution in [2.75, 3.05) is 11.9 Å². The minimum atomic E-state index is -0.907. The Kier molecular flexibility index (Phi) is 7.22. The highest BCUT2D eigenvalue weighted by atomic mass is 32.1. The van der Waals surface area contributed by atoms with E-state index < -0.39 is 18.0 Å². The summed E-state index contributed by atoms with van der Waals surface area (Å²) >= 11 is 1.12. The van der Waals surface area contributed by atoms with E-state index in [2.05, 4.69) is 27.8 Å². The number of thiazole rings is 1. The maximum Gasteiger partial charge on any atom is 0.413 e. The number of aliphatic carboxylic acids is 1. The van der Waals surface area contributed by atoms with Crippen molar-refractivity contribution in [1.29, 1.82) is 0 Å². The van der Waals surface area contributed by atoms with E-state index in [9.17, 15) is 14.4 Å². The van der Waals surface area contributed by atoms with Crippen LogP contribution in [0, 0.1) is 0 Å². The first-order chi connectivity index (χ1) is 16.5. The predicted octanol–water partition coefficient (Wildman–Crippen LogP) is 4.88. The third-order valence-electron chi connectivity index (χ3n) is 5.82. The smallest absolute Gasteiger partial charge is 0.413 e. The van der Waals surface area contributed by atoms with Crippen molar-refractivity contribution in [3.05, 3.63) is 70.7 Å². The molecule has 1 aromatic heterocycles. The molecule has 1 heterocycles. The summed E-state index contributed by atoms with van der Waals surface area (Å²) in [6.45, 7) is 2.05. The van der Waals surface area contributed by atoms with E-state index in [1.165, 1.54) is 0 Å². The van der Waals surface area contributed by atoms with Crippen LogP contribution in [0.5, 0.6) is 0 Å².